The van der Waals surface area contributed by atoms with Crippen molar-refractivity contribution < 1.29 is 14.3 Å². The molecule has 1 aromatic rings. The maximum Gasteiger partial charge on any atom is 0.341 e. The molecular formula is C18H29N3O3S2. The predicted octanol–water partition coefficient (Wildman–Crippen LogP) is 3.80. The number of thiophene rings is 1. The first-order valence-electron chi connectivity index (χ1n) is 8.92. The van der Waals surface area contributed by atoms with Crippen molar-refractivity contribution in [2.75, 3.05) is 25.5 Å². The van der Waals surface area contributed by atoms with Crippen molar-refractivity contribution in [3.8, 4) is 0 Å². The number of nitrogens with one attached hydrogen (secondary N) is 2. The summed E-state index contributed by atoms with van der Waals surface area (Å²) in [5.74, 6) is -0.570. The van der Waals surface area contributed by atoms with Crippen LogP contribution in [0.25, 0.3) is 0 Å². The lowest BCUT2D eigenvalue weighted by atomic mass is 10.1. The van der Waals surface area contributed by atoms with Crippen molar-refractivity contribution in [2.24, 2.45) is 0 Å². The number of methoxy groups -OCH3 is 1. The lowest BCUT2D eigenvalue weighted by molar-refractivity contribution is 0.0601. The van der Waals surface area contributed by atoms with E-state index >= 15 is 0 Å². The van der Waals surface area contributed by atoms with E-state index in [9.17, 15) is 9.59 Å². The Morgan fingerprint density at radius 3 is 2.23 bits per heavy atom. The van der Waals surface area contributed by atoms with Gasteiger partial charge < -0.3 is 20.3 Å². The average Bonchev–Trinajstić information content (AvgIpc) is 2.95. The molecule has 0 aliphatic rings. The van der Waals surface area contributed by atoms with Gasteiger partial charge in [-0.3, -0.25) is 4.79 Å². The SMILES string of the molecule is CCC(CC)NC(=S)Nc1sc(C(=O)N(CC)CC)c(C)c1C(=O)OC. The van der Waals surface area contributed by atoms with Crippen LogP contribution in [-0.2, 0) is 4.74 Å². The van der Waals surface area contributed by atoms with E-state index in [1.807, 2.05) is 13.8 Å². The minimum absolute atomic E-state index is 0.0884. The Morgan fingerprint density at radius 2 is 1.77 bits per heavy atom. The van der Waals surface area contributed by atoms with E-state index < -0.39 is 5.97 Å². The molecule has 1 heterocycles. The van der Waals surface area contributed by atoms with Gasteiger partial charge in [0.1, 0.15) is 5.00 Å². The molecule has 146 valence electrons. The van der Waals surface area contributed by atoms with Crippen LogP contribution in [0.5, 0.6) is 0 Å². The summed E-state index contributed by atoms with van der Waals surface area (Å²) in [6.45, 7) is 11.0. The van der Waals surface area contributed by atoms with Gasteiger partial charge in [-0.1, -0.05) is 13.8 Å². The first kappa shape index (κ1) is 22.4. The smallest absolute Gasteiger partial charge is 0.341 e. The molecule has 8 heteroatoms. The van der Waals surface area contributed by atoms with Crippen LogP contribution in [0, 0.1) is 6.92 Å². The number of carbonyl (C=O) groups is 2. The first-order chi connectivity index (χ1) is 12.3. The highest BCUT2D eigenvalue weighted by molar-refractivity contribution is 7.80. The molecule has 2 N–H and O–H groups in total. The summed E-state index contributed by atoms with van der Waals surface area (Å²) in [5.41, 5.74) is 0.980. The monoisotopic (exact) mass is 399 g/mol. The third-order valence-electron chi connectivity index (χ3n) is 4.33. The van der Waals surface area contributed by atoms with E-state index in [1.54, 1.807) is 11.8 Å². The number of thiocarbonyl (C=S) groups is 1. The van der Waals surface area contributed by atoms with Gasteiger partial charge in [0.25, 0.3) is 5.91 Å². The Balaban J connectivity index is 3.21. The standard InChI is InChI=1S/C18H29N3O3S2/c1-7-12(8-2)19-18(25)20-15-13(17(23)24-6)11(5)14(26-15)16(22)21(9-3)10-4/h12H,7-10H2,1-6H3,(H2,19,20,25). The number of ether oxygens (including phenoxy) is 1. The van der Waals surface area contributed by atoms with E-state index in [4.69, 9.17) is 17.0 Å². The number of nitrogens with zero attached hydrogens (tertiary/aromatic N) is 1. The van der Waals surface area contributed by atoms with Crippen molar-refractivity contribution >= 4 is 45.5 Å². The van der Waals surface area contributed by atoms with Crippen LogP contribution in [0.2, 0.25) is 0 Å². The van der Waals surface area contributed by atoms with Gasteiger partial charge in [-0.05, 0) is 51.4 Å². The minimum atomic E-state index is -0.481. The normalized spacial score (nSPS) is 10.6. The topological polar surface area (TPSA) is 70.7 Å². The summed E-state index contributed by atoms with van der Waals surface area (Å²) in [4.78, 5) is 27.3. The maximum absolute atomic E-state index is 12.8. The van der Waals surface area contributed by atoms with Crippen molar-refractivity contribution in [2.45, 2.75) is 53.5 Å². The third kappa shape index (κ3) is 5.17. The van der Waals surface area contributed by atoms with Crippen molar-refractivity contribution in [3.05, 3.63) is 16.0 Å². The number of anilines is 1. The van der Waals surface area contributed by atoms with Gasteiger partial charge in [0.05, 0.1) is 17.6 Å². The molecule has 0 radical (unpaired) electrons. The number of rotatable bonds is 8. The second-order valence-corrected chi connectivity index (χ2v) is 7.27. The lowest BCUT2D eigenvalue weighted by Crippen LogP contribution is -2.37. The van der Waals surface area contributed by atoms with Gasteiger partial charge in [-0.2, -0.15) is 0 Å². The molecule has 0 atom stereocenters. The Bertz CT molecular complexity index is 650. The van der Waals surface area contributed by atoms with Crippen LogP contribution in [-0.4, -0.2) is 48.1 Å². The summed E-state index contributed by atoms with van der Waals surface area (Å²) in [5, 5.41) is 7.29. The fraction of sp³-hybridized carbons (Fsp3) is 0.611. The predicted molar refractivity (Wildman–Crippen MR) is 111 cm³/mol. The highest BCUT2D eigenvalue weighted by Crippen LogP contribution is 2.34. The Hall–Kier alpha value is -1.67. The average molecular weight is 400 g/mol. The molecule has 0 spiro atoms. The molecule has 1 rings (SSSR count). The quantitative estimate of drug-likeness (QED) is 0.512. The largest absolute Gasteiger partial charge is 0.465 e. The zero-order valence-electron chi connectivity index (χ0n) is 16.4. The van der Waals surface area contributed by atoms with Crippen LogP contribution < -0.4 is 10.6 Å². The molecule has 0 aliphatic heterocycles. The second-order valence-electron chi connectivity index (χ2n) is 5.84. The lowest BCUT2D eigenvalue weighted by Gasteiger charge is -2.18. The number of esters is 1. The van der Waals surface area contributed by atoms with Gasteiger partial charge in [0.2, 0.25) is 0 Å². The van der Waals surface area contributed by atoms with Crippen LogP contribution in [0.4, 0.5) is 5.00 Å². The molecule has 0 aliphatic carbocycles. The van der Waals surface area contributed by atoms with Gasteiger partial charge in [0, 0.05) is 19.1 Å². The molecular weight excluding hydrogens is 370 g/mol. The maximum atomic E-state index is 12.8. The van der Waals surface area contributed by atoms with Crippen LogP contribution in [0.1, 0.15) is 66.1 Å². The van der Waals surface area contributed by atoms with E-state index in [2.05, 4.69) is 24.5 Å². The Kier molecular flexibility index (Phi) is 9.01. The van der Waals surface area contributed by atoms with Crippen LogP contribution >= 0.6 is 23.6 Å². The molecule has 6 nitrogen and oxygen atoms in total. The number of amides is 1. The van der Waals surface area contributed by atoms with Crippen LogP contribution in [0.15, 0.2) is 0 Å². The zero-order valence-corrected chi connectivity index (χ0v) is 18.0. The minimum Gasteiger partial charge on any atom is -0.465 e. The number of hydrogen-bond acceptors (Lipinski definition) is 5. The summed E-state index contributed by atoms with van der Waals surface area (Å²) in [6, 6.07) is 0.259. The van der Waals surface area contributed by atoms with Crippen molar-refractivity contribution in [1.29, 1.82) is 0 Å². The third-order valence-corrected chi connectivity index (χ3v) is 5.74. The molecule has 26 heavy (non-hydrogen) atoms. The highest BCUT2D eigenvalue weighted by Gasteiger charge is 2.27. The van der Waals surface area contributed by atoms with Crippen molar-refractivity contribution in [1.82, 2.24) is 10.2 Å². The van der Waals surface area contributed by atoms with E-state index in [0.717, 1.165) is 12.8 Å². The van der Waals surface area contributed by atoms with Gasteiger partial charge in [0.15, 0.2) is 5.11 Å². The van der Waals surface area contributed by atoms with Gasteiger partial charge in [-0.25, -0.2) is 4.79 Å². The molecule has 0 saturated heterocycles. The molecule has 1 aromatic heterocycles. The van der Waals surface area contributed by atoms with Crippen LogP contribution in [0.3, 0.4) is 0 Å². The van der Waals surface area contributed by atoms with Gasteiger partial charge >= 0.3 is 5.97 Å². The van der Waals surface area contributed by atoms with Crippen molar-refractivity contribution in [3.63, 3.8) is 0 Å². The summed E-state index contributed by atoms with van der Waals surface area (Å²) < 4.78 is 4.91. The zero-order chi connectivity index (χ0) is 19.9. The fourth-order valence-electron chi connectivity index (χ4n) is 2.63. The summed E-state index contributed by atoms with van der Waals surface area (Å²) in [7, 11) is 1.33. The van der Waals surface area contributed by atoms with E-state index in [-0.39, 0.29) is 11.9 Å². The summed E-state index contributed by atoms with van der Waals surface area (Å²) in [6.07, 6.45) is 1.88. The molecule has 0 fully saturated rings. The molecule has 1 amide bonds. The Labute approximate surface area is 165 Å². The molecule has 0 unspecified atom stereocenters. The second kappa shape index (κ2) is 10.5. The molecule has 0 bridgehead atoms. The molecule has 0 saturated carbocycles. The fourth-order valence-corrected chi connectivity index (χ4v) is 4.13. The number of hydrogen-bond donors (Lipinski definition) is 2. The van der Waals surface area contributed by atoms with E-state index in [1.165, 1.54) is 18.4 Å². The molecule has 0 aromatic carbocycles. The highest BCUT2D eigenvalue weighted by atomic mass is 32.1. The van der Waals surface area contributed by atoms with E-state index in [0.29, 0.717) is 39.2 Å². The Morgan fingerprint density at radius 1 is 1.19 bits per heavy atom. The first-order valence-corrected chi connectivity index (χ1v) is 10.1. The number of carbonyl (C=O) groups excluding carboxylic acids is 2. The van der Waals surface area contributed by atoms with Gasteiger partial charge in [-0.15, -0.1) is 11.3 Å². The summed E-state index contributed by atoms with van der Waals surface area (Å²) >= 11 is 6.62.